The minimum Gasteiger partial charge on any atom is -0.462 e. The van der Waals surface area contributed by atoms with Gasteiger partial charge in [0.15, 0.2) is 6.10 Å². The molecule has 0 aromatic heterocycles. The number of carbonyl (C=O) groups is 2. The maximum absolute atomic E-state index is 12.4. The van der Waals surface area contributed by atoms with E-state index in [2.05, 4.69) is 72.2 Å². The molecule has 0 rings (SSSR count). The summed E-state index contributed by atoms with van der Waals surface area (Å²) in [6.07, 6.45) is 53.7. The van der Waals surface area contributed by atoms with E-state index in [1.807, 2.05) is 49.5 Å². The van der Waals surface area contributed by atoms with Crippen LogP contribution in [-0.4, -0.2) is 63.5 Å². The molecule has 0 aromatic rings. The molecule has 0 unspecified atom stereocenters. The minimum absolute atomic E-state index is 0.00430. The molecule has 3 atom stereocenters. The summed E-state index contributed by atoms with van der Waals surface area (Å²) in [5.41, 5.74) is 0. The minimum atomic E-state index is -4.83. The Labute approximate surface area is 348 Å². The number of hydrogen-bond acceptors (Lipinski definition) is 8. The van der Waals surface area contributed by atoms with Crippen molar-refractivity contribution in [3.05, 3.63) is 146 Å². The van der Waals surface area contributed by atoms with Gasteiger partial charge in [0.1, 0.15) is 6.61 Å². The van der Waals surface area contributed by atoms with Crippen LogP contribution in [0.3, 0.4) is 0 Å². The number of allylic oxidation sites excluding steroid dienone is 20. The number of carbonyl (C=O) groups excluding carboxylic acids is 2. The van der Waals surface area contributed by atoms with E-state index in [1.54, 1.807) is 42.5 Å². The molecule has 11 heteroatoms. The molecule has 10 nitrogen and oxygen atoms in total. The number of aliphatic hydroxyl groups is 2. The first-order valence-electron chi connectivity index (χ1n) is 20.3. The van der Waals surface area contributed by atoms with E-state index in [1.165, 1.54) is 0 Å². The van der Waals surface area contributed by atoms with Crippen LogP contribution in [0.2, 0.25) is 0 Å². The predicted octanol–water partition coefficient (Wildman–Crippen LogP) is 10.4. The van der Waals surface area contributed by atoms with Gasteiger partial charge in [0.05, 0.1) is 18.8 Å². The fourth-order valence-corrected chi connectivity index (χ4v) is 4.90. The van der Waals surface area contributed by atoms with Crippen molar-refractivity contribution in [2.75, 3.05) is 13.2 Å². The molecule has 0 saturated carbocycles. The molecule has 4 N–H and O–H groups in total. The second-order valence-corrected chi connectivity index (χ2v) is 14.1. The third-order valence-electron chi connectivity index (χ3n) is 7.55. The van der Waals surface area contributed by atoms with Gasteiger partial charge in [-0.1, -0.05) is 160 Å². The van der Waals surface area contributed by atoms with E-state index < -0.39 is 51.3 Å². The van der Waals surface area contributed by atoms with Gasteiger partial charge < -0.3 is 29.5 Å². The van der Waals surface area contributed by atoms with E-state index in [4.69, 9.17) is 19.3 Å². The molecule has 0 aliphatic heterocycles. The Morgan fingerprint density at radius 1 is 0.517 bits per heavy atom. The molecule has 0 radical (unpaired) electrons. The van der Waals surface area contributed by atoms with Crippen molar-refractivity contribution >= 4 is 19.8 Å². The molecular formula is C47H69O10P. The van der Waals surface area contributed by atoms with Crippen molar-refractivity contribution in [3.63, 3.8) is 0 Å². The van der Waals surface area contributed by atoms with Crippen LogP contribution in [0, 0.1) is 0 Å². The molecule has 0 aliphatic carbocycles. The van der Waals surface area contributed by atoms with Gasteiger partial charge in [-0.25, -0.2) is 4.57 Å². The molecule has 58 heavy (non-hydrogen) atoms. The van der Waals surface area contributed by atoms with Crippen LogP contribution in [0.15, 0.2) is 146 Å². The van der Waals surface area contributed by atoms with E-state index in [0.29, 0.717) is 32.1 Å². The van der Waals surface area contributed by atoms with Gasteiger partial charge in [-0.3, -0.25) is 14.1 Å². The van der Waals surface area contributed by atoms with Gasteiger partial charge in [-0.05, 0) is 77.0 Å². The lowest BCUT2D eigenvalue weighted by molar-refractivity contribution is -0.161. The normalized spacial score (nSPS) is 15.1. The van der Waals surface area contributed by atoms with Gasteiger partial charge in [-0.15, -0.1) is 0 Å². The molecule has 322 valence electrons. The third kappa shape index (κ3) is 41.5. The monoisotopic (exact) mass is 824 g/mol. The van der Waals surface area contributed by atoms with Gasteiger partial charge in [-0.2, -0.15) is 0 Å². The van der Waals surface area contributed by atoms with E-state index in [9.17, 15) is 24.4 Å². The van der Waals surface area contributed by atoms with Gasteiger partial charge in [0.2, 0.25) is 0 Å². The summed E-state index contributed by atoms with van der Waals surface area (Å²) in [4.78, 5) is 42.8. The molecule has 0 amide bonds. The summed E-state index contributed by atoms with van der Waals surface area (Å²) in [7, 11) is -4.83. The number of hydrogen-bond donors (Lipinski definition) is 4. The zero-order valence-electron chi connectivity index (χ0n) is 34.6. The fourth-order valence-electron chi connectivity index (χ4n) is 4.54. The SMILES string of the molecule is CC/C=C\C/C=C\C/C=C\C/C=C\C/C=C\C/C=C\CCC(=O)OC[C@H](COP(=O)(O)O)OC(=O)CC/C=C\C/C=C\C[C@@H](O)/C=C/C=C\C=C\[C@@H](O)C/C=C\CC. The summed E-state index contributed by atoms with van der Waals surface area (Å²) in [6, 6.07) is 0. The molecule has 0 spiro atoms. The number of esters is 2. The number of ether oxygens (including phenoxy) is 2. The number of rotatable bonds is 34. The molecule has 0 saturated heterocycles. The summed E-state index contributed by atoms with van der Waals surface area (Å²) < 4.78 is 26.2. The predicted molar refractivity (Wildman–Crippen MR) is 237 cm³/mol. The van der Waals surface area contributed by atoms with Crippen molar-refractivity contribution in [1.29, 1.82) is 0 Å². The molecule has 0 aromatic carbocycles. The highest BCUT2D eigenvalue weighted by atomic mass is 31.2. The van der Waals surface area contributed by atoms with Crippen molar-refractivity contribution < 1.29 is 48.2 Å². The molecule has 0 fully saturated rings. The maximum atomic E-state index is 12.4. The highest BCUT2D eigenvalue weighted by molar-refractivity contribution is 7.46. The van der Waals surface area contributed by atoms with Crippen LogP contribution in [0.25, 0.3) is 0 Å². The largest absolute Gasteiger partial charge is 0.469 e. The lowest BCUT2D eigenvalue weighted by atomic mass is 10.2. The van der Waals surface area contributed by atoms with Crippen molar-refractivity contribution in [1.82, 2.24) is 0 Å². The Kier molecular flexibility index (Phi) is 36.8. The van der Waals surface area contributed by atoms with Crippen molar-refractivity contribution in [2.24, 2.45) is 0 Å². The highest BCUT2D eigenvalue weighted by Crippen LogP contribution is 2.35. The average molecular weight is 825 g/mol. The Morgan fingerprint density at radius 3 is 1.34 bits per heavy atom. The second kappa shape index (κ2) is 39.7. The van der Waals surface area contributed by atoms with Crippen LogP contribution in [-0.2, 0) is 28.2 Å². The van der Waals surface area contributed by atoms with Crippen LogP contribution >= 0.6 is 7.82 Å². The van der Waals surface area contributed by atoms with Crippen LogP contribution in [0.5, 0.6) is 0 Å². The third-order valence-corrected chi connectivity index (χ3v) is 8.03. The van der Waals surface area contributed by atoms with E-state index >= 15 is 0 Å². The van der Waals surface area contributed by atoms with Crippen molar-refractivity contribution in [2.45, 2.75) is 122 Å². The standard InChI is InChI=1S/C47H69O10P/c1-3-5-7-8-9-10-11-12-13-14-15-16-17-18-19-20-21-25-33-39-46(50)55-41-45(42-56-58(52,53)54)57-47(51)40-34-26-23-22-24-30-36-44(49)38-32-28-27-31-37-43(48)35-29-6-4-2/h5-7,9-10,12-13,15-16,18-19,21,23-32,37-38,43-45,48-49H,3-4,8,11,14,17,20,22,33-36,39-42H2,1-2H3,(H2,52,53,54)/b7-5-,10-9-,13-12-,16-15-,19-18-,25-21-,26-23-,28-27-,29-6-,30-24-,37-31+,38-32+/t43-,44+,45+/m0/s1. The first kappa shape index (κ1) is 53.9. The zero-order valence-corrected chi connectivity index (χ0v) is 35.5. The first-order chi connectivity index (χ1) is 28.1. The summed E-state index contributed by atoms with van der Waals surface area (Å²) in [5.74, 6) is -1.17. The summed E-state index contributed by atoms with van der Waals surface area (Å²) >= 11 is 0. The Hall–Kier alpha value is -4.15. The Balaban J connectivity index is 4.34. The van der Waals surface area contributed by atoms with Crippen LogP contribution < -0.4 is 0 Å². The highest BCUT2D eigenvalue weighted by Gasteiger charge is 2.22. The quantitative estimate of drug-likeness (QED) is 0.0213. The Morgan fingerprint density at radius 2 is 0.897 bits per heavy atom. The average Bonchev–Trinajstić information content (AvgIpc) is 3.18. The number of phosphoric ester groups is 1. The lowest BCUT2D eigenvalue weighted by Crippen LogP contribution is -2.29. The first-order valence-corrected chi connectivity index (χ1v) is 21.9. The van der Waals surface area contributed by atoms with E-state index in [0.717, 1.165) is 44.9 Å². The fraction of sp³-hybridized carbons (Fsp3) is 0.447. The molecular weight excluding hydrogens is 755 g/mol. The summed E-state index contributed by atoms with van der Waals surface area (Å²) in [5, 5.41) is 19.9. The van der Waals surface area contributed by atoms with Crippen molar-refractivity contribution in [3.8, 4) is 0 Å². The maximum Gasteiger partial charge on any atom is 0.469 e. The Bertz CT molecular complexity index is 1470. The smallest absolute Gasteiger partial charge is 0.462 e. The van der Waals surface area contributed by atoms with E-state index in [-0.39, 0.29) is 12.8 Å². The molecule has 0 heterocycles. The van der Waals surface area contributed by atoms with Gasteiger partial charge >= 0.3 is 19.8 Å². The van der Waals surface area contributed by atoms with Crippen LogP contribution in [0.1, 0.15) is 104 Å². The summed E-state index contributed by atoms with van der Waals surface area (Å²) in [6.45, 7) is 3.14. The topological polar surface area (TPSA) is 160 Å². The number of phosphoric acid groups is 1. The molecule has 0 bridgehead atoms. The molecule has 0 aliphatic rings. The second-order valence-electron chi connectivity index (χ2n) is 12.9. The van der Waals surface area contributed by atoms with Gasteiger partial charge in [0, 0.05) is 12.8 Å². The van der Waals surface area contributed by atoms with Gasteiger partial charge in [0.25, 0.3) is 0 Å². The van der Waals surface area contributed by atoms with Crippen LogP contribution in [0.4, 0.5) is 0 Å². The zero-order chi connectivity index (χ0) is 42.8. The number of aliphatic hydroxyl groups excluding tert-OH is 2. The lowest BCUT2D eigenvalue weighted by Gasteiger charge is -2.18.